The zero-order valence-electron chi connectivity index (χ0n) is 14.0. The number of fused-ring (bicyclic) bond motifs is 3. The minimum Gasteiger partial charge on any atom is -0.279 e. The second kappa shape index (κ2) is 5.76. The van der Waals surface area contributed by atoms with Gasteiger partial charge in [0.25, 0.3) is 5.91 Å². The predicted molar refractivity (Wildman–Crippen MR) is 91.9 cm³/mol. The van der Waals surface area contributed by atoms with Gasteiger partial charge in [-0.2, -0.15) is 13.2 Å². The second-order valence-corrected chi connectivity index (χ2v) is 6.03. The molecule has 1 N–H and O–H groups in total. The maximum Gasteiger partial charge on any atom is 0.416 e. The van der Waals surface area contributed by atoms with Crippen LogP contribution in [0.3, 0.4) is 0 Å². The fourth-order valence-electron chi connectivity index (χ4n) is 3.06. The van der Waals surface area contributed by atoms with Crippen LogP contribution in [0.2, 0.25) is 0 Å². The van der Waals surface area contributed by atoms with Crippen molar-refractivity contribution in [1.29, 1.82) is 0 Å². The van der Waals surface area contributed by atoms with Gasteiger partial charge in [-0.05, 0) is 30.3 Å². The number of alkyl halides is 3. The number of nitrogens with zero attached hydrogens (tertiary/aromatic N) is 3. The molecule has 3 amide bonds. The highest BCUT2D eigenvalue weighted by Gasteiger charge is 2.40. The first-order chi connectivity index (χ1) is 12.8. The number of carbonyl (C=O) groups is 2. The molecule has 2 aliphatic heterocycles. The minimum absolute atomic E-state index is 0.0346. The van der Waals surface area contributed by atoms with Crippen molar-refractivity contribution in [3.8, 4) is 0 Å². The first-order valence-corrected chi connectivity index (χ1v) is 7.94. The molecule has 2 aromatic rings. The number of para-hydroxylation sites is 1. The Hall–Kier alpha value is -3.49. The van der Waals surface area contributed by atoms with Crippen molar-refractivity contribution in [2.24, 2.45) is 0 Å². The minimum atomic E-state index is -4.59. The fourth-order valence-corrected chi connectivity index (χ4v) is 3.06. The van der Waals surface area contributed by atoms with Crippen molar-refractivity contribution >= 4 is 29.0 Å². The van der Waals surface area contributed by atoms with Gasteiger partial charge in [-0.3, -0.25) is 15.1 Å². The van der Waals surface area contributed by atoms with Gasteiger partial charge >= 0.3 is 12.2 Å². The highest BCUT2D eigenvalue weighted by atomic mass is 19.4. The number of halogens is 3. The summed E-state index contributed by atoms with van der Waals surface area (Å²) < 4.78 is 39.7. The summed E-state index contributed by atoms with van der Waals surface area (Å²) in [5.74, 6) is -0.401. The van der Waals surface area contributed by atoms with Gasteiger partial charge in [-0.1, -0.05) is 18.2 Å². The molecular weight excluding hydrogens is 361 g/mol. The van der Waals surface area contributed by atoms with Crippen LogP contribution in [0.1, 0.15) is 5.56 Å². The van der Waals surface area contributed by atoms with Crippen LogP contribution in [0.15, 0.2) is 60.4 Å². The molecule has 1 fully saturated rings. The van der Waals surface area contributed by atoms with E-state index in [0.29, 0.717) is 5.69 Å². The lowest BCUT2D eigenvalue weighted by molar-refractivity contribution is -0.137. The number of hydrogen-bond acceptors (Lipinski definition) is 3. The molecule has 0 atom stereocenters. The van der Waals surface area contributed by atoms with E-state index in [9.17, 15) is 22.8 Å². The molecule has 0 aromatic heterocycles. The Morgan fingerprint density at radius 1 is 0.926 bits per heavy atom. The van der Waals surface area contributed by atoms with Gasteiger partial charge in [0.1, 0.15) is 5.82 Å². The molecular formula is C18H13F3N4O2. The topological polar surface area (TPSA) is 55.9 Å². The highest BCUT2D eigenvalue weighted by molar-refractivity contribution is 6.15. The lowest BCUT2D eigenvalue weighted by Crippen LogP contribution is -2.32. The number of anilines is 3. The Kier molecular flexibility index (Phi) is 3.62. The van der Waals surface area contributed by atoms with E-state index in [1.807, 2.05) is 0 Å². The molecule has 0 spiro atoms. The van der Waals surface area contributed by atoms with Gasteiger partial charge in [0.15, 0.2) is 0 Å². The van der Waals surface area contributed by atoms with Gasteiger partial charge in [0.2, 0.25) is 0 Å². The van der Waals surface area contributed by atoms with Crippen molar-refractivity contribution in [1.82, 2.24) is 10.4 Å². The van der Waals surface area contributed by atoms with Crippen LogP contribution in [0.4, 0.5) is 35.0 Å². The molecule has 2 heterocycles. The monoisotopic (exact) mass is 374 g/mol. The number of hydrazine groups is 1. The maximum absolute atomic E-state index is 13.2. The first-order valence-electron chi connectivity index (χ1n) is 7.94. The number of carbonyl (C=O) groups excluding carboxylic acids is 2. The molecule has 9 heteroatoms. The standard InChI is InChI=1S/C18H13F3N4O2/c1-23-17(27)25-14-9-11(18(19,20)21)7-8-13(14)24(12-5-3-2-4-6-12)16(26)10-15(25)22-23/h2-10,22H,1H3. The SMILES string of the molecule is CN1NC2=CC(=O)N(c3ccccc3)c3ccc(C(F)(F)F)cc3N2C1=O. The van der Waals surface area contributed by atoms with E-state index in [1.165, 1.54) is 24.1 Å². The van der Waals surface area contributed by atoms with Crippen LogP contribution in [0.25, 0.3) is 0 Å². The Balaban J connectivity index is 1.98. The number of benzene rings is 2. The van der Waals surface area contributed by atoms with Crippen LogP contribution in [-0.2, 0) is 11.0 Å². The molecule has 4 rings (SSSR count). The smallest absolute Gasteiger partial charge is 0.279 e. The third-order valence-electron chi connectivity index (χ3n) is 4.28. The van der Waals surface area contributed by atoms with Gasteiger partial charge in [-0.25, -0.2) is 14.7 Å². The van der Waals surface area contributed by atoms with Crippen LogP contribution in [-0.4, -0.2) is 24.0 Å². The van der Waals surface area contributed by atoms with Gasteiger partial charge < -0.3 is 0 Å². The first kappa shape index (κ1) is 17.0. The molecule has 6 nitrogen and oxygen atoms in total. The zero-order valence-corrected chi connectivity index (χ0v) is 14.0. The molecule has 0 unspecified atom stereocenters. The molecule has 0 aliphatic carbocycles. The lowest BCUT2D eigenvalue weighted by Gasteiger charge is -2.25. The fraction of sp³-hybridized carbons (Fsp3) is 0.111. The highest BCUT2D eigenvalue weighted by Crippen LogP contribution is 2.43. The largest absolute Gasteiger partial charge is 0.416 e. The van der Waals surface area contributed by atoms with Crippen molar-refractivity contribution in [3.63, 3.8) is 0 Å². The van der Waals surface area contributed by atoms with E-state index < -0.39 is 23.7 Å². The molecule has 0 radical (unpaired) electrons. The number of rotatable bonds is 1. The van der Waals surface area contributed by atoms with E-state index in [1.54, 1.807) is 30.3 Å². The maximum atomic E-state index is 13.2. The predicted octanol–water partition coefficient (Wildman–Crippen LogP) is 3.60. The van der Waals surface area contributed by atoms with Crippen LogP contribution >= 0.6 is 0 Å². The van der Waals surface area contributed by atoms with Crippen LogP contribution in [0, 0.1) is 0 Å². The van der Waals surface area contributed by atoms with E-state index in [0.717, 1.165) is 22.0 Å². The normalized spacial score (nSPS) is 16.6. The van der Waals surface area contributed by atoms with Crippen LogP contribution in [0.5, 0.6) is 0 Å². The summed E-state index contributed by atoms with van der Waals surface area (Å²) in [5, 5.41) is 1.10. The summed E-state index contributed by atoms with van der Waals surface area (Å²) in [5.41, 5.74) is 2.39. The number of nitrogens with one attached hydrogen (secondary N) is 1. The Bertz CT molecular complexity index is 972. The number of amides is 3. The number of urea groups is 1. The van der Waals surface area contributed by atoms with E-state index in [2.05, 4.69) is 5.43 Å². The summed E-state index contributed by atoms with van der Waals surface area (Å²) in [6.07, 6.45) is -3.41. The average Bonchev–Trinajstić information content (AvgIpc) is 2.82. The second-order valence-electron chi connectivity index (χ2n) is 6.03. The van der Waals surface area contributed by atoms with Crippen molar-refractivity contribution < 1.29 is 22.8 Å². The molecule has 138 valence electrons. The Morgan fingerprint density at radius 3 is 2.30 bits per heavy atom. The quantitative estimate of drug-likeness (QED) is 0.830. The number of hydrogen-bond donors (Lipinski definition) is 1. The van der Waals surface area contributed by atoms with Crippen molar-refractivity contribution in [2.75, 3.05) is 16.8 Å². The van der Waals surface area contributed by atoms with E-state index in [-0.39, 0.29) is 17.2 Å². The third-order valence-corrected chi connectivity index (χ3v) is 4.28. The third kappa shape index (κ3) is 2.67. The van der Waals surface area contributed by atoms with Gasteiger partial charge in [0.05, 0.1) is 16.9 Å². The Labute approximate surface area is 152 Å². The molecule has 27 heavy (non-hydrogen) atoms. The zero-order chi connectivity index (χ0) is 19.3. The van der Waals surface area contributed by atoms with Gasteiger partial charge in [-0.15, -0.1) is 0 Å². The average molecular weight is 374 g/mol. The van der Waals surface area contributed by atoms with Crippen molar-refractivity contribution in [3.05, 3.63) is 66.0 Å². The summed E-state index contributed by atoms with van der Waals surface area (Å²) in [6, 6.07) is 10.9. The summed E-state index contributed by atoms with van der Waals surface area (Å²) in [6.45, 7) is 0. The van der Waals surface area contributed by atoms with E-state index in [4.69, 9.17) is 0 Å². The summed E-state index contributed by atoms with van der Waals surface area (Å²) >= 11 is 0. The summed E-state index contributed by atoms with van der Waals surface area (Å²) in [7, 11) is 1.42. The summed E-state index contributed by atoms with van der Waals surface area (Å²) in [4.78, 5) is 27.7. The molecule has 2 aliphatic rings. The molecule has 0 saturated carbocycles. The Morgan fingerprint density at radius 2 is 1.63 bits per heavy atom. The lowest BCUT2D eigenvalue weighted by atomic mass is 10.1. The van der Waals surface area contributed by atoms with Crippen molar-refractivity contribution in [2.45, 2.75) is 6.18 Å². The van der Waals surface area contributed by atoms with E-state index >= 15 is 0 Å². The van der Waals surface area contributed by atoms with Gasteiger partial charge in [0, 0.05) is 18.8 Å². The molecule has 2 aromatic carbocycles. The molecule has 1 saturated heterocycles. The van der Waals surface area contributed by atoms with Crippen LogP contribution < -0.4 is 15.2 Å². The molecule has 0 bridgehead atoms.